The third-order valence-corrected chi connectivity index (χ3v) is 5.40. The van der Waals surface area contributed by atoms with E-state index < -0.39 is 11.7 Å². The monoisotopic (exact) mass is 430 g/mol. The predicted octanol–water partition coefficient (Wildman–Crippen LogP) is 4.57. The van der Waals surface area contributed by atoms with Gasteiger partial charge in [0.05, 0.1) is 16.9 Å². The van der Waals surface area contributed by atoms with Crippen LogP contribution in [0.2, 0.25) is 0 Å². The molecule has 152 valence electrons. The molecule has 0 aliphatic carbocycles. The quantitative estimate of drug-likeness (QED) is 0.443. The zero-order chi connectivity index (χ0) is 21.2. The lowest BCUT2D eigenvalue weighted by Crippen LogP contribution is -2.14. The van der Waals surface area contributed by atoms with Crippen LogP contribution in [0.25, 0.3) is 22.1 Å². The van der Waals surface area contributed by atoms with E-state index in [0.29, 0.717) is 17.2 Å². The van der Waals surface area contributed by atoms with Crippen molar-refractivity contribution in [2.24, 2.45) is 0 Å². The summed E-state index contributed by atoms with van der Waals surface area (Å²) in [5.41, 5.74) is 2.01. The molecule has 5 rings (SSSR count). The summed E-state index contributed by atoms with van der Waals surface area (Å²) < 4.78 is 17.1. The van der Waals surface area contributed by atoms with Gasteiger partial charge in [-0.15, -0.1) is 16.4 Å². The second kappa shape index (κ2) is 7.96. The number of hydrogen-bond acceptors (Lipinski definition) is 5. The number of amides is 1. The van der Waals surface area contributed by atoms with Crippen LogP contribution >= 0.6 is 11.3 Å². The number of thiophene rings is 1. The number of nitrogens with zero attached hydrogens (tertiary/aromatic N) is 5. The summed E-state index contributed by atoms with van der Waals surface area (Å²) in [6, 6.07) is 17.1. The van der Waals surface area contributed by atoms with E-state index in [1.54, 1.807) is 36.8 Å². The standard InChI is InChI=1S/C22H15FN6OS/c23-15-3-1-4-18(13-15)29-21(19-5-2-12-31-19)26-20(27-29)22(30)25-16-6-8-17(9-7-16)28-11-10-24-14-28/h1-14H,(H,25,30). The number of hydrogen-bond donors (Lipinski definition) is 1. The van der Waals surface area contributed by atoms with Gasteiger partial charge in [0.25, 0.3) is 5.91 Å². The molecule has 0 unspecified atom stereocenters. The molecule has 7 nitrogen and oxygen atoms in total. The normalized spacial score (nSPS) is 10.9. The largest absolute Gasteiger partial charge is 0.319 e. The van der Waals surface area contributed by atoms with E-state index in [1.807, 2.05) is 40.4 Å². The zero-order valence-corrected chi connectivity index (χ0v) is 16.8. The van der Waals surface area contributed by atoms with Crippen LogP contribution in [0, 0.1) is 5.82 Å². The van der Waals surface area contributed by atoms with Crippen LogP contribution in [-0.2, 0) is 0 Å². The van der Waals surface area contributed by atoms with Crippen LogP contribution in [0.4, 0.5) is 10.1 Å². The van der Waals surface area contributed by atoms with Crippen LogP contribution in [0.5, 0.6) is 0 Å². The summed E-state index contributed by atoms with van der Waals surface area (Å²) in [5.74, 6) is -0.384. The lowest BCUT2D eigenvalue weighted by atomic mass is 10.2. The Morgan fingerprint density at radius 1 is 1.03 bits per heavy atom. The minimum Gasteiger partial charge on any atom is -0.319 e. The van der Waals surface area contributed by atoms with Gasteiger partial charge in [-0.1, -0.05) is 12.1 Å². The smallest absolute Gasteiger partial charge is 0.295 e. The second-order valence-corrected chi connectivity index (χ2v) is 7.55. The molecule has 0 radical (unpaired) electrons. The zero-order valence-electron chi connectivity index (χ0n) is 16.0. The molecule has 2 aromatic carbocycles. The Balaban J connectivity index is 1.44. The molecule has 0 spiro atoms. The number of carbonyl (C=O) groups is 1. The van der Waals surface area contributed by atoms with Crippen molar-refractivity contribution in [2.75, 3.05) is 5.32 Å². The third-order valence-electron chi connectivity index (χ3n) is 4.53. The molecular weight excluding hydrogens is 415 g/mol. The number of halogens is 1. The summed E-state index contributed by atoms with van der Waals surface area (Å²) in [6.07, 6.45) is 5.23. The van der Waals surface area contributed by atoms with Crippen molar-refractivity contribution >= 4 is 22.9 Å². The molecule has 0 aliphatic heterocycles. The lowest BCUT2D eigenvalue weighted by Gasteiger charge is -2.05. The molecule has 0 saturated carbocycles. The van der Waals surface area contributed by atoms with Gasteiger partial charge in [0, 0.05) is 23.8 Å². The molecule has 1 N–H and O–H groups in total. The molecule has 1 amide bonds. The number of carbonyl (C=O) groups excluding carboxylic acids is 1. The van der Waals surface area contributed by atoms with Crippen molar-refractivity contribution in [2.45, 2.75) is 0 Å². The van der Waals surface area contributed by atoms with E-state index in [9.17, 15) is 9.18 Å². The topological polar surface area (TPSA) is 77.6 Å². The summed E-state index contributed by atoms with van der Waals surface area (Å²) >= 11 is 1.46. The van der Waals surface area contributed by atoms with Crippen molar-refractivity contribution < 1.29 is 9.18 Å². The first kappa shape index (κ1) is 18.9. The van der Waals surface area contributed by atoms with Gasteiger partial charge >= 0.3 is 0 Å². The molecule has 3 aromatic heterocycles. The molecule has 0 aliphatic rings. The number of rotatable bonds is 5. The minimum atomic E-state index is -0.455. The van der Waals surface area contributed by atoms with E-state index >= 15 is 0 Å². The molecule has 9 heteroatoms. The highest BCUT2D eigenvalue weighted by Gasteiger charge is 2.20. The number of imidazole rings is 1. The molecule has 3 heterocycles. The summed E-state index contributed by atoms with van der Waals surface area (Å²) in [6.45, 7) is 0. The van der Waals surface area contributed by atoms with E-state index in [0.717, 1.165) is 10.6 Å². The molecule has 0 saturated heterocycles. The number of nitrogens with one attached hydrogen (secondary N) is 1. The Morgan fingerprint density at radius 3 is 2.61 bits per heavy atom. The maximum atomic E-state index is 13.8. The van der Waals surface area contributed by atoms with Gasteiger partial charge in [0.15, 0.2) is 5.82 Å². The highest BCUT2D eigenvalue weighted by molar-refractivity contribution is 7.13. The van der Waals surface area contributed by atoms with Crippen LogP contribution in [-0.4, -0.2) is 30.2 Å². The van der Waals surface area contributed by atoms with Gasteiger partial charge in [-0.3, -0.25) is 4.79 Å². The average molecular weight is 430 g/mol. The van der Waals surface area contributed by atoms with Crippen LogP contribution < -0.4 is 5.32 Å². The van der Waals surface area contributed by atoms with E-state index in [1.165, 1.54) is 28.2 Å². The summed E-state index contributed by atoms with van der Waals surface area (Å²) in [5, 5.41) is 9.06. The highest BCUT2D eigenvalue weighted by atomic mass is 32.1. The number of anilines is 1. The van der Waals surface area contributed by atoms with Gasteiger partial charge in [0.2, 0.25) is 5.82 Å². The van der Waals surface area contributed by atoms with Crippen LogP contribution in [0.3, 0.4) is 0 Å². The van der Waals surface area contributed by atoms with Gasteiger partial charge in [-0.2, -0.15) is 0 Å². The Bertz CT molecular complexity index is 1330. The Labute approximate surface area is 180 Å². The van der Waals surface area contributed by atoms with Crippen molar-refractivity contribution in [3.05, 3.63) is 96.4 Å². The molecular formula is C22H15FN6OS. The number of benzene rings is 2. The van der Waals surface area contributed by atoms with Crippen molar-refractivity contribution in [3.63, 3.8) is 0 Å². The fourth-order valence-electron chi connectivity index (χ4n) is 3.08. The van der Waals surface area contributed by atoms with Crippen LogP contribution in [0.15, 0.2) is 84.8 Å². The molecule has 0 fully saturated rings. The second-order valence-electron chi connectivity index (χ2n) is 6.60. The first-order valence-corrected chi connectivity index (χ1v) is 10.2. The molecule has 5 aromatic rings. The fraction of sp³-hybridized carbons (Fsp3) is 0. The first-order chi connectivity index (χ1) is 15.2. The maximum Gasteiger partial charge on any atom is 0.295 e. The average Bonchev–Trinajstić information content (AvgIpc) is 3.55. The van der Waals surface area contributed by atoms with Gasteiger partial charge in [0.1, 0.15) is 5.82 Å². The van der Waals surface area contributed by atoms with Crippen LogP contribution in [0.1, 0.15) is 10.6 Å². The molecule has 0 atom stereocenters. The third kappa shape index (κ3) is 3.86. The van der Waals surface area contributed by atoms with Gasteiger partial charge < -0.3 is 9.88 Å². The maximum absolute atomic E-state index is 13.8. The van der Waals surface area contributed by atoms with Gasteiger partial charge in [-0.25, -0.2) is 19.0 Å². The highest BCUT2D eigenvalue weighted by Crippen LogP contribution is 2.26. The molecule has 31 heavy (non-hydrogen) atoms. The Hall–Kier alpha value is -4.11. The Kier molecular flexibility index (Phi) is 4.85. The van der Waals surface area contributed by atoms with Crippen molar-refractivity contribution in [1.82, 2.24) is 24.3 Å². The predicted molar refractivity (Wildman–Crippen MR) is 116 cm³/mol. The fourth-order valence-corrected chi connectivity index (χ4v) is 3.78. The van der Waals surface area contributed by atoms with E-state index in [2.05, 4.69) is 20.4 Å². The van der Waals surface area contributed by atoms with Gasteiger partial charge in [-0.05, 0) is 53.9 Å². The summed E-state index contributed by atoms with van der Waals surface area (Å²) in [7, 11) is 0. The van der Waals surface area contributed by atoms with E-state index in [4.69, 9.17) is 0 Å². The lowest BCUT2D eigenvalue weighted by molar-refractivity contribution is 0.101. The summed E-state index contributed by atoms with van der Waals surface area (Å²) in [4.78, 5) is 22.1. The van der Waals surface area contributed by atoms with E-state index in [-0.39, 0.29) is 5.82 Å². The first-order valence-electron chi connectivity index (χ1n) is 9.34. The van der Waals surface area contributed by atoms with Crippen molar-refractivity contribution in [1.29, 1.82) is 0 Å². The number of aromatic nitrogens is 5. The Morgan fingerprint density at radius 2 is 1.90 bits per heavy atom. The molecule has 0 bridgehead atoms. The SMILES string of the molecule is O=C(Nc1ccc(-n2ccnc2)cc1)c1nc(-c2cccs2)n(-c2cccc(F)c2)n1. The van der Waals surface area contributed by atoms with Crippen molar-refractivity contribution in [3.8, 4) is 22.1 Å². The minimum absolute atomic E-state index is 0.00801.